The highest BCUT2D eigenvalue weighted by atomic mass is 35.5. The molecule has 0 aliphatic carbocycles. The Kier molecular flexibility index (Phi) is 4.39. The van der Waals surface area contributed by atoms with Crippen molar-refractivity contribution in [2.45, 2.75) is 24.0 Å². The number of hydrogen-bond acceptors (Lipinski definition) is 5. The summed E-state index contributed by atoms with van der Waals surface area (Å²) in [5.41, 5.74) is 6.59. The first-order chi connectivity index (χ1) is 9.82. The van der Waals surface area contributed by atoms with Crippen LogP contribution in [0.5, 0.6) is 0 Å². The first-order valence-corrected chi connectivity index (χ1v) is 8.25. The van der Waals surface area contributed by atoms with Crippen LogP contribution in [0.4, 0.5) is 17.2 Å². The highest BCUT2D eigenvalue weighted by Gasteiger charge is 2.22. The van der Waals surface area contributed by atoms with E-state index in [0.717, 1.165) is 0 Å². The second-order valence-electron chi connectivity index (χ2n) is 4.80. The lowest BCUT2D eigenvalue weighted by molar-refractivity contribution is 0.588. The predicted octanol–water partition coefficient (Wildman–Crippen LogP) is 3.24. The molecule has 0 bridgehead atoms. The number of hydrogen-bond donors (Lipinski definition) is 2. The summed E-state index contributed by atoms with van der Waals surface area (Å²) in [6, 6.07) is 8.24. The molecule has 0 fully saturated rings. The van der Waals surface area contributed by atoms with Gasteiger partial charge in [-0.2, -0.15) is 0 Å². The van der Waals surface area contributed by atoms with Crippen molar-refractivity contribution in [2.75, 3.05) is 11.1 Å². The molecule has 0 saturated heterocycles. The number of halogens is 1. The standard InChI is InChI=1S/C14H16ClN3O2S/c1-9(2)21(19,20)13-6-4-3-5-11(13)18-12-7-14(16)17-8-10(12)15/h3-9H,1-2H3,(H3,16,17,18). The van der Waals surface area contributed by atoms with Crippen LogP contribution >= 0.6 is 11.6 Å². The van der Waals surface area contributed by atoms with Gasteiger partial charge in [0.2, 0.25) is 0 Å². The van der Waals surface area contributed by atoms with Crippen molar-refractivity contribution in [1.82, 2.24) is 4.98 Å². The van der Waals surface area contributed by atoms with E-state index >= 15 is 0 Å². The van der Waals surface area contributed by atoms with Gasteiger partial charge in [-0.05, 0) is 26.0 Å². The predicted molar refractivity (Wildman–Crippen MR) is 85.7 cm³/mol. The average Bonchev–Trinajstić information content (AvgIpc) is 2.43. The number of nitrogens with two attached hydrogens (primary N) is 1. The molecule has 5 nitrogen and oxygen atoms in total. The van der Waals surface area contributed by atoms with Gasteiger partial charge in [-0.25, -0.2) is 13.4 Å². The van der Waals surface area contributed by atoms with Gasteiger partial charge in [0.15, 0.2) is 9.84 Å². The summed E-state index contributed by atoms with van der Waals surface area (Å²) >= 11 is 6.05. The molecular weight excluding hydrogens is 310 g/mol. The largest absolute Gasteiger partial charge is 0.384 e. The number of pyridine rings is 1. The van der Waals surface area contributed by atoms with Crippen molar-refractivity contribution in [1.29, 1.82) is 0 Å². The molecule has 21 heavy (non-hydrogen) atoms. The van der Waals surface area contributed by atoms with E-state index in [2.05, 4.69) is 10.3 Å². The van der Waals surface area contributed by atoms with Crippen LogP contribution in [0, 0.1) is 0 Å². The van der Waals surface area contributed by atoms with Crippen LogP contribution in [0.25, 0.3) is 0 Å². The van der Waals surface area contributed by atoms with Gasteiger partial charge in [-0.15, -0.1) is 0 Å². The third kappa shape index (κ3) is 3.28. The van der Waals surface area contributed by atoms with Crippen molar-refractivity contribution < 1.29 is 8.42 Å². The Balaban J connectivity index is 2.49. The van der Waals surface area contributed by atoms with Gasteiger partial charge < -0.3 is 11.1 Å². The van der Waals surface area contributed by atoms with Gasteiger partial charge in [0.1, 0.15) is 5.82 Å². The normalized spacial score (nSPS) is 11.6. The molecule has 0 unspecified atom stereocenters. The number of nitrogens with zero attached hydrogens (tertiary/aromatic N) is 1. The summed E-state index contributed by atoms with van der Waals surface area (Å²) in [5, 5.41) is 2.86. The zero-order valence-corrected chi connectivity index (χ0v) is 13.2. The number of para-hydroxylation sites is 1. The summed E-state index contributed by atoms with van der Waals surface area (Å²) in [4.78, 5) is 4.10. The van der Waals surface area contributed by atoms with Gasteiger partial charge in [0, 0.05) is 12.3 Å². The molecule has 0 aliphatic rings. The molecule has 0 radical (unpaired) electrons. The summed E-state index contributed by atoms with van der Waals surface area (Å²) in [6.07, 6.45) is 1.42. The van der Waals surface area contributed by atoms with Crippen molar-refractivity contribution in [3.63, 3.8) is 0 Å². The molecule has 1 heterocycles. The van der Waals surface area contributed by atoms with E-state index < -0.39 is 15.1 Å². The lowest BCUT2D eigenvalue weighted by Crippen LogP contribution is -2.15. The second-order valence-corrected chi connectivity index (χ2v) is 7.68. The Morgan fingerprint density at radius 3 is 2.57 bits per heavy atom. The molecule has 7 heteroatoms. The molecule has 0 amide bonds. The Morgan fingerprint density at radius 1 is 1.24 bits per heavy atom. The summed E-state index contributed by atoms with van der Waals surface area (Å²) in [6.45, 7) is 3.28. The van der Waals surface area contributed by atoms with Gasteiger partial charge in [-0.1, -0.05) is 23.7 Å². The number of nitrogens with one attached hydrogen (secondary N) is 1. The minimum absolute atomic E-state index is 0.228. The molecular formula is C14H16ClN3O2S. The monoisotopic (exact) mass is 325 g/mol. The minimum Gasteiger partial charge on any atom is -0.384 e. The van der Waals surface area contributed by atoms with Crippen molar-refractivity contribution in [3.8, 4) is 0 Å². The molecule has 0 aliphatic heterocycles. The number of anilines is 3. The van der Waals surface area contributed by atoms with Crippen LogP contribution < -0.4 is 11.1 Å². The smallest absolute Gasteiger partial charge is 0.182 e. The van der Waals surface area contributed by atoms with Gasteiger partial charge in [0.25, 0.3) is 0 Å². The maximum absolute atomic E-state index is 12.4. The fraction of sp³-hybridized carbons (Fsp3) is 0.214. The van der Waals surface area contributed by atoms with Gasteiger partial charge in [0.05, 0.1) is 26.5 Å². The maximum atomic E-state index is 12.4. The molecule has 0 spiro atoms. The van der Waals surface area contributed by atoms with Crippen molar-refractivity contribution in [2.24, 2.45) is 0 Å². The lowest BCUT2D eigenvalue weighted by Gasteiger charge is -2.15. The quantitative estimate of drug-likeness (QED) is 0.901. The zero-order valence-electron chi connectivity index (χ0n) is 11.7. The van der Waals surface area contributed by atoms with Crippen molar-refractivity contribution >= 4 is 38.6 Å². The van der Waals surface area contributed by atoms with Crippen LogP contribution in [0.15, 0.2) is 41.4 Å². The van der Waals surface area contributed by atoms with E-state index in [-0.39, 0.29) is 4.90 Å². The number of aromatic nitrogens is 1. The zero-order chi connectivity index (χ0) is 15.6. The highest BCUT2D eigenvalue weighted by Crippen LogP contribution is 2.31. The molecule has 2 aromatic rings. The summed E-state index contributed by atoms with van der Waals surface area (Å²) < 4.78 is 24.8. The molecule has 0 atom stereocenters. The first kappa shape index (κ1) is 15.6. The molecule has 0 saturated carbocycles. The summed E-state index contributed by atoms with van der Waals surface area (Å²) in [5.74, 6) is 0.297. The number of sulfone groups is 1. The Bertz CT molecular complexity index is 761. The summed E-state index contributed by atoms with van der Waals surface area (Å²) in [7, 11) is -3.40. The fourth-order valence-corrected chi connectivity index (χ4v) is 3.12. The topological polar surface area (TPSA) is 85.1 Å². The Labute approximate surface area is 129 Å². The van der Waals surface area contributed by atoms with Crippen molar-refractivity contribution in [3.05, 3.63) is 41.6 Å². The van der Waals surface area contributed by atoms with Gasteiger partial charge in [-0.3, -0.25) is 0 Å². The highest BCUT2D eigenvalue weighted by molar-refractivity contribution is 7.92. The second kappa shape index (κ2) is 5.91. The van der Waals surface area contributed by atoms with E-state index in [0.29, 0.717) is 22.2 Å². The molecule has 3 N–H and O–H groups in total. The fourth-order valence-electron chi connectivity index (χ4n) is 1.77. The van der Waals surface area contributed by atoms with Gasteiger partial charge >= 0.3 is 0 Å². The first-order valence-electron chi connectivity index (χ1n) is 6.33. The number of benzene rings is 1. The number of nitrogen functional groups attached to an aromatic ring is 1. The molecule has 2 rings (SSSR count). The minimum atomic E-state index is -3.40. The molecule has 1 aromatic heterocycles. The maximum Gasteiger partial charge on any atom is 0.182 e. The van der Waals surface area contributed by atoms with Crippen LogP contribution in [0.1, 0.15) is 13.8 Å². The van der Waals surface area contributed by atoms with E-state index in [1.54, 1.807) is 44.2 Å². The van der Waals surface area contributed by atoms with Crippen LogP contribution in [-0.4, -0.2) is 18.7 Å². The third-order valence-electron chi connectivity index (χ3n) is 2.96. The van der Waals surface area contributed by atoms with Crippen LogP contribution in [0.3, 0.4) is 0 Å². The SMILES string of the molecule is CC(C)S(=O)(=O)c1ccccc1Nc1cc(N)ncc1Cl. The van der Waals surface area contributed by atoms with E-state index in [4.69, 9.17) is 17.3 Å². The van der Waals surface area contributed by atoms with E-state index in [1.807, 2.05) is 0 Å². The van der Waals surface area contributed by atoms with Crippen LogP contribution in [0.2, 0.25) is 5.02 Å². The van der Waals surface area contributed by atoms with E-state index in [9.17, 15) is 8.42 Å². The molecule has 112 valence electrons. The average molecular weight is 326 g/mol. The number of rotatable bonds is 4. The molecule has 1 aromatic carbocycles. The third-order valence-corrected chi connectivity index (χ3v) is 5.47. The lowest BCUT2D eigenvalue weighted by atomic mass is 10.3. The Morgan fingerprint density at radius 2 is 1.90 bits per heavy atom. The van der Waals surface area contributed by atoms with E-state index in [1.165, 1.54) is 6.20 Å². The Hall–Kier alpha value is -1.79. The van der Waals surface area contributed by atoms with Crippen LogP contribution in [-0.2, 0) is 9.84 Å².